The fourth-order valence-electron chi connectivity index (χ4n) is 2.57. The van der Waals surface area contributed by atoms with Crippen LogP contribution in [0.1, 0.15) is 27.0 Å². The molecule has 0 unspecified atom stereocenters. The summed E-state index contributed by atoms with van der Waals surface area (Å²) in [5, 5.41) is 4.23. The van der Waals surface area contributed by atoms with E-state index in [0.717, 1.165) is 17.8 Å². The third-order valence-electron chi connectivity index (χ3n) is 4.10. The first-order chi connectivity index (χ1) is 14.3. The Morgan fingerprint density at radius 1 is 1.00 bits per heavy atom. The van der Waals surface area contributed by atoms with E-state index in [9.17, 15) is 18.0 Å². The Labute approximate surface area is 175 Å². The number of hydrogen-bond acceptors (Lipinski definition) is 3. The number of nitrogens with zero attached hydrogens (tertiary/aromatic N) is 1. The minimum Gasteiger partial charge on any atom is -0.489 e. The second-order valence-electron chi connectivity index (χ2n) is 6.19. The van der Waals surface area contributed by atoms with Crippen molar-refractivity contribution in [2.45, 2.75) is 12.8 Å². The summed E-state index contributed by atoms with van der Waals surface area (Å²) < 4.78 is 44.5. The molecule has 0 saturated heterocycles. The predicted molar refractivity (Wildman–Crippen MR) is 109 cm³/mol. The van der Waals surface area contributed by atoms with Crippen molar-refractivity contribution in [3.05, 3.63) is 100 Å². The van der Waals surface area contributed by atoms with Crippen LogP contribution in [0.2, 0.25) is 5.02 Å². The van der Waals surface area contributed by atoms with Gasteiger partial charge in [-0.05, 0) is 36.4 Å². The Bertz CT molecular complexity index is 1050. The number of alkyl halides is 3. The summed E-state index contributed by atoms with van der Waals surface area (Å²) in [5.41, 5.74) is 2.35. The molecular weight excluding hydrogens is 417 g/mol. The van der Waals surface area contributed by atoms with Gasteiger partial charge in [-0.3, -0.25) is 4.79 Å². The molecule has 1 N–H and O–H groups in total. The number of hydrogen-bond donors (Lipinski definition) is 1. The third kappa shape index (κ3) is 5.61. The van der Waals surface area contributed by atoms with Gasteiger partial charge < -0.3 is 4.74 Å². The van der Waals surface area contributed by atoms with Crippen LogP contribution in [-0.4, -0.2) is 12.1 Å². The lowest BCUT2D eigenvalue weighted by Gasteiger charge is -2.09. The molecule has 0 radical (unpaired) electrons. The lowest BCUT2D eigenvalue weighted by atomic mass is 10.1. The van der Waals surface area contributed by atoms with Gasteiger partial charge in [0.05, 0.1) is 11.8 Å². The van der Waals surface area contributed by atoms with E-state index in [2.05, 4.69) is 10.5 Å². The molecule has 0 heterocycles. The molecule has 154 valence electrons. The van der Waals surface area contributed by atoms with Crippen LogP contribution in [0.3, 0.4) is 0 Å². The summed E-state index contributed by atoms with van der Waals surface area (Å²) in [4.78, 5) is 12.1. The molecule has 1 amide bonds. The van der Waals surface area contributed by atoms with Crippen LogP contribution >= 0.6 is 11.6 Å². The van der Waals surface area contributed by atoms with E-state index in [1.54, 1.807) is 18.2 Å². The second-order valence-corrected chi connectivity index (χ2v) is 6.60. The molecule has 4 nitrogen and oxygen atoms in total. The Hall–Kier alpha value is -3.32. The second kappa shape index (κ2) is 9.45. The van der Waals surface area contributed by atoms with Crippen molar-refractivity contribution < 1.29 is 22.7 Å². The van der Waals surface area contributed by atoms with E-state index in [-0.39, 0.29) is 17.7 Å². The van der Waals surface area contributed by atoms with Gasteiger partial charge in [0.25, 0.3) is 5.91 Å². The predicted octanol–water partition coefficient (Wildman–Crippen LogP) is 5.70. The van der Waals surface area contributed by atoms with E-state index in [0.29, 0.717) is 10.8 Å². The van der Waals surface area contributed by atoms with Crippen molar-refractivity contribution in [1.82, 2.24) is 5.43 Å². The molecule has 8 heteroatoms. The van der Waals surface area contributed by atoms with Gasteiger partial charge in [-0.2, -0.15) is 18.3 Å². The number of ether oxygens (including phenoxy) is 1. The van der Waals surface area contributed by atoms with E-state index >= 15 is 0 Å². The number of benzene rings is 3. The number of carbonyl (C=O) groups excluding carboxylic acids is 1. The average Bonchev–Trinajstić information content (AvgIpc) is 2.73. The molecule has 0 atom stereocenters. The Kier molecular flexibility index (Phi) is 6.74. The molecule has 0 aliphatic carbocycles. The quantitative estimate of drug-likeness (QED) is 0.401. The average molecular weight is 433 g/mol. The largest absolute Gasteiger partial charge is 0.489 e. The zero-order chi connectivity index (χ0) is 21.6. The molecule has 3 aromatic carbocycles. The first-order valence-electron chi connectivity index (χ1n) is 8.80. The minimum absolute atomic E-state index is 0.145. The highest BCUT2D eigenvalue weighted by Crippen LogP contribution is 2.31. The fourth-order valence-corrected chi connectivity index (χ4v) is 2.76. The highest BCUT2D eigenvalue weighted by molar-refractivity contribution is 6.31. The highest BCUT2D eigenvalue weighted by Gasteiger charge is 2.32. The van der Waals surface area contributed by atoms with Gasteiger partial charge in [0.2, 0.25) is 0 Å². The van der Waals surface area contributed by atoms with Crippen molar-refractivity contribution in [2.75, 3.05) is 0 Å². The molecule has 0 bridgehead atoms. The summed E-state index contributed by atoms with van der Waals surface area (Å²) in [5.74, 6) is -0.0255. The molecule has 3 rings (SSSR count). The molecule has 0 saturated carbocycles. The van der Waals surface area contributed by atoms with Gasteiger partial charge >= 0.3 is 6.18 Å². The smallest absolute Gasteiger partial charge is 0.417 e. The van der Waals surface area contributed by atoms with Crippen LogP contribution < -0.4 is 10.2 Å². The topological polar surface area (TPSA) is 50.7 Å². The van der Waals surface area contributed by atoms with E-state index in [1.807, 2.05) is 18.2 Å². The summed E-state index contributed by atoms with van der Waals surface area (Å²) in [7, 11) is 0. The van der Waals surface area contributed by atoms with Crippen molar-refractivity contribution in [3.63, 3.8) is 0 Å². The maximum absolute atomic E-state index is 13.0. The fraction of sp³-hybridized carbons (Fsp3) is 0.0909. The van der Waals surface area contributed by atoms with Gasteiger partial charge in [-0.15, -0.1) is 0 Å². The Balaban J connectivity index is 1.59. The number of carbonyl (C=O) groups is 1. The molecule has 0 aromatic heterocycles. The van der Waals surface area contributed by atoms with Crippen LogP contribution in [0.5, 0.6) is 5.75 Å². The Morgan fingerprint density at radius 2 is 1.67 bits per heavy atom. The third-order valence-corrected chi connectivity index (χ3v) is 4.47. The monoisotopic (exact) mass is 432 g/mol. The molecule has 0 fully saturated rings. The van der Waals surface area contributed by atoms with Crippen molar-refractivity contribution in [3.8, 4) is 5.75 Å². The summed E-state index contributed by atoms with van der Waals surface area (Å²) in [6.07, 6.45) is -3.55. The van der Waals surface area contributed by atoms with Crippen molar-refractivity contribution in [1.29, 1.82) is 0 Å². The normalized spacial score (nSPS) is 11.5. The molecular formula is C22H16ClF3N2O2. The summed E-state index contributed by atoms with van der Waals surface area (Å²) in [6.45, 7) is 0.272. The van der Waals surface area contributed by atoms with Gasteiger partial charge in [-0.1, -0.05) is 48.0 Å². The number of hydrazone groups is 1. The number of rotatable bonds is 6. The van der Waals surface area contributed by atoms with Crippen molar-refractivity contribution in [2.24, 2.45) is 5.10 Å². The molecule has 30 heavy (non-hydrogen) atoms. The molecule has 0 spiro atoms. The van der Waals surface area contributed by atoms with Crippen LogP contribution in [0.15, 0.2) is 77.9 Å². The number of halogens is 4. The van der Waals surface area contributed by atoms with Gasteiger partial charge in [-0.25, -0.2) is 5.43 Å². The lowest BCUT2D eigenvalue weighted by Crippen LogP contribution is -2.18. The lowest BCUT2D eigenvalue weighted by molar-refractivity contribution is -0.137. The first kappa shape index (κ1) is 21.4. The van der Waals surface area contributed by atoms with E-state index in [1.165, 1.54) is 30.3 Å². The number of nitrogens with one attached hydrogen (secondary N) is 1. The standard InChI is InChI=1S/C22H16ClF3N2O2/c23-20-8-4-2-6-17(20)14-30-18-11-9-15(10-12-18)21(29)28-27-13-16-5-1-3-7-19(16)22(24,25)26/h1-13H,14H2,(H,28,29)/b27-13+. The van der Waals surface area contributed by atoms with E-state index < -0.39 is 17.6 Å². The summed E-state index contributed by atoms with van der Waals surface area (Å²) in [6, 6.07) is 18.5. The van der Waals surface area contributed by atoms with Crippen LogP contribution in [0.4, 0.5) is 13.2 Å². The maximum atomic E-state index is 13.0. The van der Waals surface area contributed by atoms with Gasteiger partial charge in [0.15, 0.2) is 0 Å². The minimum atomic E-state index is -4.51. The Morgan fingerprint density at radius 3 is 2.37 bits per heavy atom. The zero-order valence-electron chi connectivity index (χ0n) is 15.5. The maximum Gasteiger partial charge on any atom is 0.417 e. The van der Waals surface area contributed by atoms with Gasteiger partial charge in [0.1, 0.15) is 12.4 Å². The molecule has 3 aromatic rings. The van der Waals surface area contributed by atoms with Crippen LogP contribution in [0, 0.1) is 0 Å². The molecule has 0 aliphatic rings. The number of amides is 1. The zero-order valence-corrected chi connectivity index (χ0v) is 16.2. The van der Waals surface area contributed by atoms with Crippen LogP contribution in [-0.2, 0) is 12.8 Å². The van der Waals surface area contributed by atoms with Crippen LogP contribution in [0.25, 0.3) is 0 Å². The summed E-state index contributed by atoms with van der Waals surface area (Å²) >= 11 is 6.08. The molecule has 0 aliphatic heterocycles. The van der Waals surface area contributed by atoms with E-state index in [4.69, 9.17) is 16.3 Å². The van der Waals surface area contributed by atoms with Gasteiger partial charge in [0, 0.05) is 21.7 Å². The SMILES string of the molecule is O=C(N/N=C/c1ccccc1C(F)(F)F)c1ccc(OCc2ccccc2Cl)cc1. The first-order valence-corrected chi connectivity index (χ1v) is 9.18. The highest BCUT2D eigenvalue weighted by atomic mass is 35.5. The van der Waals surface area contributed by atoms with Crippen molar-refractivity contribution >= 4 is 23.7 Å².